The maximum atomic E-state index is 12.6. The third-order valence-electron chi connectivity index (χ3n) is 4.58. The molecule has 2 heterocycles. The highest BCUT2D eigenvalue weighted by Crippen LogP contribution is 2.32. The third kappa shape index (κ3) is 3.28. The van der Waals surface area contributed by atoms with Crippen LogP contribution in [0.4, 0.5) is 5.69 Å². The Bertz CT molecular complexity index is 698. The molecule has 2 N–H and O–H groups in total. The minimum Gasteiger partial charge on any atom is -0.496 e. The van der Waals surface area contributed by atoms with Crippen molar-refractivity contribution < 1.29 is 13.9 Å². The van der Waals surface area contributed by atoms with Crippen LogP contribution in [-0.2, 0) is 4.79 Å². The number of ether oxygens (including phenoxy) is 1. The van der Waals surface area contributed by atoms with Gasteiger partial charge >= 0.3 is 0 Å². The first-order chi connectivity index (χ1) is 11.6. The number of amides is 1. The average molecular weight is 329 g/mol. The lowest BCUT2D eigenvalue weighted by Gasteiger charge is -2.22. The molecule has 1 saturated heterocycles. The Kier molecular flexibility index (Phi) is 4.85. The van der Waals surface area contributed by atoms with Crippen molar-refractivity contribution in [2.24, 2.45) is 11.8 Å². The lowest BCUT2D eigenvalue weighted by Crippen LogP contribution is -2.41. The van der Waals surface area contributed by atoms with E-state index in [1.54, 1.807) is 19.4 Å². The molecule has 0 saturated carbocycles. The normalized spacial score (nSPS) is 20.3. The lowest BCUT2D eigenvalue weighted by atomic mass is 9.88. The molecule has 1 aromatic heterocycles. The molecule has 1 fully saturated rings. The fraction of sp³-hybridized carbons (Fsp3) is 0.444. The number of methoxy groups -OCH3 is 1. The summed E-state index contributed by atoms with van der Waals surface area (Å²) in [6.45, 7) is 5.20. The first-order valence-electron chi connectivity index (χ1n) is 8.21. The highest BCUT2D eigenvalue weighted by Gasteiger charge is 2.34. The van der Waals surface area contributed by atoms with Crippen molar-refractivity contribution in [2.45, 2.75) is 26.3 Å². The number of benzene rings is 1. The molecule has 1 aromatic carbocycles. The quantitative estimate of drug-likeness (QED) is 0.882. The molecule has 0 unspecified atom stereocenters. The van der Waals surface area contributed by atoms with Gasteiger partial charge in [-0.3, -0.25) is 4.79 Å². The number of nitrogens with zero attached hydrogens (tertiary/aromatic N) is 1. The molecule has 2 aromatic rings. The van der Waals surface area contributed by atoms with Crippen LogP contribution in [0.2, 0.25) is 0 Å². The summed E-state index contributed by atoms with van der Waals surface area (Å²) in [7, 11) is 1.59. The van der Waals surface area contributed by atoms with E-state index in [9.17, 15) is 4.79 Å². The van der Waals surface area contributed by atoms with Crippen molar-refractivity contribution in [3.8, 4) is 17.1 Å². The zero-order chi connectivity index (χ0) is 17.1. The number of aromatic nitrogens is 1. The summed E-state index contributed by atoms with van der Waals surface area (Å²) in [6, 6.07) is 5.36. The standard InChI is InChI=1S/C18H23N3O3/c1-11(2)13-6-7-20-17(13)18(22)21-12-4-5-14(15(8-12)23-3)16-9-19-10-24-16/h4-5,8-11,13,17,20H,6-7H2,1-3H3,(H,21,22)/t13-,17+/m1/s1. The van der Waals surface area contributed by atoms with Gasteiger partial charge in [0.1, 0.15) is 5.75 Å². The van der Waals surface area contributed by atoms with Gasteiger partial charge in [0, 0.05) is 11.8 Å². The van der Waals surface area contributed by atoms with E-state index in [0.717, 1.165) is 18.5 Å². The van der Waals surface area contributed by atoms with E-state index in [2.05, 4.69) is 29.5 Å². The Labute approximate surface area is 141 Å². The zero-order valence-corrected chi connectivity index (χ0v) is 14.2. The van der Waals surface area contributed by atoms with E-state index in [1.165, 1.54) is 6.39 Å². The van der Waals surface area contributed by atoms with Gasteiger partial charge in [0.25, 0.3) is 0 Å². The van der Waals surface area contributed by atoms with Crippen molar-refractivity contribution in [1.29, 1.82) is 0 Å². The van der Waals surface area contributed by atoms with Crippen LogP contribution in [0.1, 0.15) is 20.3 Å². The van der Waals surface area contributed by atoms with Crippen molar-refractivity contribution in [2.75, 3.05) is 19.0 Å². The van der Waals surface area contributed by atoms with Crippen LogP contribution in [0.3, 0.4) is 0 Å². The first kappa shape index (κ1) is 16.5. The van der Waals surface area contributed by atoms with Gasteiger partial charge in [-0.25, -0.2) is 4.98 Å². The van der Waals surface area contributed by atoms with Crippen LogP contribution in [0.15, 0.2) is 35.2 Å². The molecule has 24 heavy (non-hydrogen) atoms. The smallest absolute Gasteiger partial charge is 0.241 e. The van der Waals surface area contributed by atoms with E-state index in [0.29, 0.717) is 29.0 Å². The number of carbonyl (C=O) groups is 1. The summed E-state index contributed by atoms with van der Waals surface area (Å²) in [5.74, 6) is 2.09. The Morgan fingerprint density at radius 3 is 2.96 bits per heavy atom. The predicted octanol–water partition coefficient (Wildman–Crippen LogP) is 2.92. The summed E-state index contributed by atoms with van der Waals surface area (Å²) in [6.07, 6.45) is 4.04. The molecule has 1 amide bonds. The van der Waals surface area contributed by atoms with Gasteiger partial charge in [0.15, 0.2) is 12.2 Å². The SMILES string of the molecule is COc1cc(NC(=O)[C@H]2NCC[C@@H]2C(C)C)ccc1-c1cnco1. The maximum absolute atomic E-state index is 12.6. The molecule has 128 valence electrons. The van der Waals surface area contributed by atoms with Gasteiger partial charge in [0.2, 0.25) is 5.91 Å². The Balaban J connectivity index is 1.77. The second-order valence-corrected chi connectivity index (χ2v) is 6.40. The molecule has 1 aliphatic heterocycles. The number of rotatable bonds is 5. The van der Waals surface area contributed by atoms with Gasteiger partial charge in [0.05, 0.1) is 24.9 Å². The molecule has 0 radical (unpaired) electrons. The topological polar surface area (TPSA) is 76.4 Å². The van der Waals surface area contributed by atoms with Gasteiger partial charge < -0.3 is 19.8 Å². The highest BCUT2D eigenvalue weighted by atomic mass is 16.5. The Morgan fingerprint density at radius 2 is 2.29 bits per heavy atom. The van der Waals surface area contributed by atoms with Gasteiger partial charge in [-0.15, -0.1) is 0 Å². The van der Waals surface area contributed by atoms with Crippen molar-refractivity contribution in [3.05, 3.63) is 30.8 Å². The van der Waals surface area contributed by atoms with Crippen molar-refractivity contribution >= 4 is 11.6 Å². The van der Waals surface area contributed by atoms with Gasteiger partial charge in [-0.2, -0.15) is 0 Å². The van der Waals surface area contributed by atoms with Crippen LogP contribution in [0, 0.1) is 11.8 Å². The summed E-state index contributed by atoms with van der Waals surface area (Å²) >= 11 is 0. The van der Waals surface area contributed by atoms with Crippen LogP contribution in [0.25, 0.3) is 11.3 Å². The van der Waals surface area contributed by atoms with E-state index in [1.807, 2.05) is 12.1 Å². The number of carbonyl (C=O) groups excluding carboxylic acids is 1. The molecule has 0 aliphatic carbocycles. The molecule has 6 nitrogen and oxygen atoms in total. The largest absolute Gasteiger partial charge is 0.496 e. The van der Waals surface area contributed by atoms with Crippen LogP contribution >= 0.6 is 0 Å². The molecular formula is C18H23N3O3. The van der Waals surface area contributed by atoms with Gasteiger partial charge in [-0.1, -0.05) is 13.8 Å². The summed E-state index contributed by atoms with van der Waals surface area (Å²) in [5.41, 5.74) is 1.50. The summed E-state index contributed by atoms with van der Waals surface area (Å²) in [4.78, 5) is 16.5. The molecule has 6 heteroatoms. The lowest BCUT2D eigenvalue weighted by molar-refractivity contribution is -0.119. The van der Waals surface area contributed by atoms with E-state index >= 15 is 0 Å². The third-order valence-corrected chi connectivity index (χ3v) is 4.58. The minimum atomic E-state index is -0.148. The molecule has 2 atom stereocenters. The number of hydrogen-bond donors (Lipinski definition) is 2. The maximum Gasteiger partial charge on any atom is 0.241 e. The van der Waals surface area contributed by atoms with Crippen LogP contribution in [0.5, 0.6) is 5.75 Å². The van der Waals surface area contributed by atoms with Crippen LogP contribution in [-0.4, -0.2) is 30.6 Å². The second-order valence-electron chi connectivity index (χ2n) is 6.40. The second kappa shape index (κ2) is 7.05. The first-order valence-corrected chi connectivity index (χ1v) is 8.21. The number of hydrogen-bond acceptors (Lipinski definition) is 5. The number of anilines is 1. The van der Waals surface area contributed by atoms with E-state index in [4.69, 9.17) is 9.15 Å². The fourth-order valence-electron chi connectivity index (χ4n) is 3.27. The monoisotopic (exact) mass is 329 g/mol. The van der Waals surface area contributed by atoms with Crippen LogP contribution < -0.4 is 15.4 Å². The Morgan fingerprint density at radius 1 is 1.46 bits per heavy atom. The van der Waals surface area contributed by atoms with E-state index in [-0.39, 0.29) is 11.9 Å². The van der Waals surface area contributed by atoms with Crippen molar-refractivity contribution in [1.82, 2.24) is 10.3 Å². The predicted molar refractivity (Wildman–Crippen MR) is 91.9 cm³/mol. The molecule has 1 aliphatic rings. The van der Waals surface area contributed by atoms with Gasteiger partial charge in [-0.05, 0) is 36.9 Å². The average Bonchev–Trinajstić information content (AvgIpc) is 3.26. The van der Waals surface area contributed by atoms with E-state index < -0.39 is 0 Å². The molecule has 0 spiro atoms. The molecular weight excluding hydrogens is 306 g/mol. The molecule has 3 rings (SSSR count). The fourth-order valence-corrected chi connectivity index (χ4v) is 3.27. The zero-order valence-electron chi connectivity index (χ0n) is 14.2. The minimum absolute atomic E-state index is 0.000619. The number of nitrogens with one attached hydrogen (secondary N) is 2. The Hall–Kier alpha value is -2.34. The van der Waals surface area contributed by atoms with Crippen molar-refractivity contribution in [3.63, 3.8) is 0 Å². The summed E-state index contributed by atoms with van der Waals surface area (Å²) < 4.78 is 10.7. The molecule has 0 bridgehead atoms. The highest BCUT2D eigenvalue weighted by molar-refractivity contribution is 5.95. The summed E-state index contributed by atoms with van der Waals surface area (Å²) in [5, 5.41) is 6.29. The number of oxazole rings is 1.